The molecule has 0 aromatic rings. The highest BCUT2D eigenvalue weighted by molar-refractivity contribution is 4.71. The van der Waals surface area contributed by atoms with Crippen LogP contribution in [-0.2, 0) is 9.47 Å². The Hall–Kier alpha value is -0.0800. The summed E-state index contributed by atoms with van der Waals surface area (Å²) in [6.07, 6.45) is 4.45. The van der Waals surface area contributed by atoms with Gasteiger partial charge in [0.2, 0.25) is 0 Å². The van der Waals surface area contributed by atoms with Crippen LogP contribution in [0.15, 0.2) is 0 Å². The van der Waals surface area contributed by atoms with Gasteiger partial charge >= 0.3 is 0 Å². The van der Waals surface area contributed by atoms with E-state index in [-0.39, 0.29) is 5.79 Å². The van der Waals surface area contributed by atoms with Gasteiger partial charge in [-0.05, 0) is 12.8 Å². The van der Waals surface area contributed by atoms with Crippen LogP contribution in [-0.4, -0.2) is 19.0 Å². The first kappa shape index (κ1) is 9.01. The first-order chi connectivity index (χ1) is 5.33. The van der Waals surface area contributed by atoms with Crippen LogP contribution in [0.1, 0.15) is 39.5 Å². The maximum atomic E-state index is 5.57. The molecule has 1 saturated heterocycles. The van der Waals surface area contributed by atoms with E-state index in [0.29, 0.717) is 0 Å². The number of ether oxygens (including phenoxy) is 2. The van der Waals surface area contributed by atoms with Crippen molar-refractivity contribution < 1.29 is 9.47 Å². The van der Waals surface area contributed by atoms with Gasteiger partial charge in [0, 0.05) is 6.42 Å². The summed E-state index contributed by atoms with van der Waals surface area (Å²) in [5, 5.41) is 0. The van der Waals surface area contributed by atoms with Gasteiger partial charge in [-0.1, -0.05) is 20.3 Å². The summed E-state index contributed by atoms with van der Waals surface area (Å²) >= 11 is 0. The Kier molecular flexibility index (Phi) is 3.34. The molecule has 0 saturated carbocycles. The van der Waals surface area contributed by atoms with Gasteiger partial charge in [-0.15, -0.1) is 0 Å². The number of hydrogen-bond donors (Lipinski definition) is 0. The lowest BCUT2D eigenvalue weighted by Gasteiger charge is -2.25. The normalized spacial score (nSPS) is 22.4. The minimum atomic E-state index is -0.212. The van der Waals surface area contributed by atoms with E-state index in [9.17, 15) is 0 Å². The molecule has 0 amide bonds. The molecule has 0 spiro atoms. The van der Waals surface area contributed by atoms with Gasteiger partial charge in [-0.3, -0.25) is 0 Å². The molecule has 0 aromatic carbocycles. The Morgan fingerprint density at radius 1 is 1.18 bits per heavy atom. The summed E-state index contributed by atoms with van der Waals surface area (Å²) in [5.74, 6) is -0.212. The van der Waals surface area contributed by atoms with E-state index < -0.39 is 0 Å². The van der Waals surface area contributed by atoms with E-state index in [4.69, 9.17) is 9.47 Å². The highest BCUT2D eigenvalue weighted by atomic mass is 16.7. The van der Waals surface area contributed by atoms with E-state index in [1.54, 1.807) is 0 Å². The molecular weight excluding hydrogens is 140 g/mol. The average molecular weight is 158 g/mol. The van der Waals surface area contributed by atoms with Crippen molar-refractivity contribution in [1.82, 2.24) is 0 Å². The van der Waals surface area contributed by atoms with Crippen molar-refractivity contribution in [3.05, 3.63) is 0 Å². The predicted molar refractivity (Wildman–Crippen MR) is 44.5 cm³/mol. The van der Waals surface area contributed by atoms with Gasteiger partial charge in [0.05, 0.1) is 13.2 Å². The minimum absolute atomic E-state index is 0.212. The summed E-state index contributed by atoms with van der Waals surface area (Å²) in [6.45, 7) is 5.87. The molecule has 0 atom stereocenters. The average Bonchev–Trinajstić information content (AvgIpc) is 2.50. The van der Waals surface area contributed by atoms with Crippen molar-refractivity contribution in [2.75, 3.05) is 13.2 Å². The quantitative estimate of drug-likeness (QED) is 0.625. The molecule has 11 heavy (non-hydrogen) atoms. The largest absolute Gasteiger partial charge is 0.348 e. The van der Waals surface area contributed by atoms with Gasteiger partial charge in [-0.2, -0.15) is 0 Å². The molecule has 0 bridgehead atoms. The zero-order chi connectivity index (χ0) is 8.16. The molecule has 1 aliphatic rings. The highest BCUT2D eigenvalue weighted by Gasteiger charge is 2.33. The Bertz CT molecular complexity index is 106. The van der Waals surface area contributed by atoms with E-state index >= 15 is 0 Å². The van der Waals surface area contributed by atoms with Crippen molar-refractivity contribution in [2.24, 2.45) is 0 Å². The Morgan fingerprint density at radius 2 is 1.82 bits per heavy atom. The summed E-state index contributed by atoms with van der Waals surface area (Å²) in [7, 11) is 0. The summed E-state index contributed by atoms with van der Waals surface area (Å²) < 4.78 is 11.1. The number of rotatable bonds is 4. The van der Waals surface area contributed by atoms with Crippen molar-refractivity contribution in [2.45, 2.75) is 45.3 Å². The molecule has 0 N–H and O–H groups in total. The predicted octanol–water partition coefficient (Wildman–Crippen LogP) is 2.33. The van der Waals surface area contributed by atoms with Gasteiger partial charge in [0.25, 0.3) is 0 Å². The van der Waals surface area contributed by atoms with E-state index in [1.165, 1.54) is 12.8 Å². The molecule has 1 rings (SSSR count). The highest BCUT2D eigenvalue weighted by Crippen LogP contribution is 2.28. The van der Waals surface area contributed by atoms with Crippen LogP contribution in [0.5, 0.6) is 0 Å². The molecular formula is C9H18O2. The lowest BCUT2D eigenvalue weighted by molar-refractivity contribution is -0.164. The second kappa shape index (κ2) is 4.07. The van der Waals surface area contributed by atoms with Crippen LogP contribution in [0.25, 0.3) is 0 Å². The Labute approximate surface area is 68.9 Å². The standard InChI is InChI=1S/C9H18O2/c1-3-5-6-9(4-2)10-7-8-11-9/h3-8H2,1-2H3. The molecule has 66 valence electrons. The van der Waals surface area contributed by atoms with Crippen LogP contribution in [0.2, 0.25) is 0 Å². The van der Waals surface area contributed by atoms with Gasteiger partial charge in [0.1, 0.15) is 0 Å². The number of hydrogen-bond acceptors (Lipinski definition) is 2. The zero-order valence-electron chi connectivity index (χ0n) is 7.56. The number of unbranched alkanes of at least 4 members (excludes halogenated alkanes) is 1. The van der Waals surface area contributed by atoms with E-state index in [2.05, 4.69) is 13.8 Å². The maximum Gasteiger partial charge on any atom is 0.168 e. The summed E-state index contributed by atoms with van der Waals surface area (Å²) in [4.78, 5) is 0. The van der Waals surface area contributed by atoms with E-state index in [0.717, 1.165) is 26.1 Å². The third-order valence-corrected chi connectivity index (χ3v) is 2.26. The van der Waals surface area contributed by atoms with Crippen LogP contribution >= 0.6 is 0 Å². The Morgan fingerprint density at radius 3 is 2.27 bits per heavy atom. The Balaban J connectivity index is 2.33. The SMILES string of the molecule is CCCCC1(CC)OCCO1. The fourth-order valence-electron chi connectivity index (χ4n) is 1.47. The van der Waals surface area contributed by atoms with Crippen molar-refractivity contribution in [3.63, 3.8) is 0 Å². The maximum absolute atomic E-state index is 5.57. The van der Waals surface area contributed by atoms with Crippen molar-refractivity contribution in [3.8, 4) is 0 Å². The van der Waals surface area contributed by atoms with Crippen molar-refractivity contribution in [1.29, 1.82) is 0 Å². The van der Waals surface area contributed by atoms with Crippen molar-refractivity contribution >= 4 is 0 Å². The van der Waals surface area contributed by atoms with Gasteiger partial charge in [-0.25, -0.2) is 0 Å². The van der Waals surface area contributed by atoms with Crippen LogP contribution in [0.4, 0.5) is 0 Å². The third kappa shape index (κ3) is 2.17. The molecule has 0 radical (unpaired) electrons. The molecule has 0 aromatic heterocycles. The lowest BCUT2D eigenvalue weighted by Crippen LogP contribution is -2.28. The molecule has 0 aliphatic carbocycles. The lowest BCUT2D eigenvalue weighted by atomic mass is 10.1. The fraction of sp³-hybridized carbons (Fsp3) is 1.00. The second-order valence-corrected chi connectivity index (χ2v) is 3.06. The van der Waals surface area contributed by atoms with E-state index in [1.807, 2.05) is 0 Å². The first-order valence-electron chi connectivity index (χ1n) is 4.61. The topological polar surface area (TPSA) is 18.5 Å². The van der Waals surface area contributed by atoms with Crippen LogP contribution in [0.3, 0.4) is 0 Å². The van der Waals surface area contributed by atoms with Crippen LogP contribution < -0.4 is 0 Å². The summed E-state index contributed by atoms with van der Waals surface area (Å²) in [5.41, 5.74) is 0. The first-order valence-corrected chi connectivity index (χ1v) is 4.61. The molecule has 1 heterocycles. The minimum Gasteiger partial charge on any atom is -0.348 e. The molecule has 1 aliphatic heterocycles. The zero-order valence-corrected chi connectivity index (χ0v) is 7.56. The van der Waals surface area contributed by atoms with Gasteiger partial charge in [0.15, 0.2) is 5.79 Å². The smallest absolute Gasteiger partial charge is 0.168 e. The molecule has 0 unspecified atom stereocenters. The molecule has 1 fully saturated rings. The third-order valence-electron chi connectivity index (χ3n) is 2.26. The fourth-order valence-corrected chi connectivity index (χ4v) is 1.47. The monoisotopic (exact) mass is 158 g/mol. The summed E-state index contributed by atoms with van der Waals surface area (Å²) in [6, 6.07) is 0. The second-order valence-electron chi connectivity index (χ2n) is 3.06. The van der Waals surface area contributed by atoms with Crippen LogP contribution in [0, 0.1) is 0 Å². The molecule has 2 heteroatoms. The molecule has 2 nitrogen and oxygen atoms in total. The van der Waals surface area contributed by atoms with Gasteiger partial charge < -0.3 is 9.47 Å².